The minimum Gasteiger partial charge on any atom is -1.00 e. The van der Waals surface area contributed by atoms with Gasteiger partial charge in [0.05, 0.1) is 6.10 Å². The summed E-state index contributed by atoms with van der Waals surface area (Å²) >= 11 is 0. The van der Waals surface area contributed by atoms with Crippen LogP contribution >= 0.6 is 0 Å². The second-order valence-electron chi connectivity index (χ2n) is 4.35. The minimum atomic E-state index is -0.946. The van der Waals surface area contributed by atoms with Gasteiger partial charge in [-0.15, -0.1) is 0 Å². The van der Waals surface area contributed by atoms with E-state index in [9.17, 15) is 4.79 Å². The van der Waals surface area contributed by atoms with Crippen molar-refractivity contribution < 1.29 is 17.5 Å². The second-order valence-corrected chi connectivity index (χ2v) is 4.35. The maximum absolute atomic E-state index is 11.1. The fraction of sp³-hybridized carbons (Fsp3) is 0.462. The maximum Gasteiger partial charge on any atom is 2.00 e. The van der Waals surface area contributed by atoms with Gasteiger partial charge in [0.1, 0.15) is 11.3 Å². The van der Waals surface area contributed by atoms with Crippen LogP contribution in [0.15, 0.2) is 18.2 Å². The number of aromatic carboxylic acids is 1. The Balaban J connectivity index is -0.000000853. The molecule has 0 aliphatic heterocycles. The molecule has 0 aliphatic rings. The average molecular weight is 264 g/mol. The molecule has 1 rings (SSSR count). The smallest absolute Gasteiger partial charge is 1.00 e. The Morgan fingerprint density at radius 2 is 1.88 bits per heavy atom. The van der Waals surface area contributed by atoms with Crippen molar-refractivity contribution in [1.82, 2.24) is 0 Å². The van der Waals surface area contributed by atoms with Gasteiger partial charge in [-0.1, -0.05) is 26.0 Å². The number of rotatable bonds is 4. The van der Waals surface area contributed by atoms with E-state index in [2.05, 4.69) is 0 Å². The monoisotopic (exact) mass is 264 g/mol. The van der Waals surface area contributed by atoms with Crippen LogP contribution in [0.3, 0.4) is 0 Å². The first kappa shape index (κ1) is 16.7. The summed E-state index contributed by atoms with van der Waals surface area (Å²) in [4.78, 5) is 11.1. The van der Waals surface area contributed by atoms with Gasteiger partial charge < -0.3 is 12.7 Å². The normalized spacial score (nSPS) is 10.2. The third-order valence-electron chi connectivity index (χ3n) is 2.25. The standard InChI is InChI=1S/C13H18O3.Ca.2H/c1-8(2)10-6-5-7-11(13(14)15)12(10)16-9(3)4;;;/h5-9H,1-4H3,(H,14,15);;;/q;+2;2*-1. The molecule has 1 aromatic carbocycles. The Morgan fingerprint density at radius 3 is 2.29 bits per heavy atom. The zero-order chi connectivity index (χ0) is 12.3. The van der Waals surface area contributed by atoms with Crippen LogP contribution in [0.2, 0.25) is 0 Å². The number of ether oxygens (including phenoxy) is 1. The summed E-state index contributed by atoms with van der Waals surface area (Å²) in [5.41, 5.74) is 1.17. The molecule has 0 aliphatic carbocycles. The molecule has 1 aromatic rings. The molecule has 4 heteroatoms. The van der Waals surface area contributed by atoms with Gasteiger partial charge in [-0.2, -0.15) is 0 Å². The SMILES string of the molecule is CC(C)Oc1c(C(=O)O)cccc1C(C)C.[Ca+2].[H-].[H-]. The number of hydrogen-bond donors (Lipinski definition) is 1. The maximum atomic E-state index is 11.1. The first-order chi connectivity index (χ1) is 7.43. The van der Waals surface area contributed by atoms with Crippen molar-refractivity contribution in [3.05, 3.63) is 29.3 Å². The first-order valence-electron chi connectivity index (χ1n) is 5.46. The third kappa shape index (κ3) is 4.49. The summed E-state index contributed by atoms with van der Waals surface area (Å²) in [5.74, 6) is -0.203. The van der Waals surface area contributed by atoms with E-state index in [1.807, 2.05) is 33.8 Å². The molecule has 0 saturated carbocycles. The topological polar surface area (TPSA) is 46.5 Å². The fourth-order valence-electron chi connectivity index (χ4n) is 1.55. The Kier molecular flexibility index (Phi) is 7.14. The van der Waals surface area contributed by atoms with Crippen molar-refractivity contribution in [2.24, 2.45) is 0 Å². The number of carboxylic acid groups (broad SMARTS) is 1. The molecule has 0 fully saturated rings. The molecule has 0 bridgehead atoms. The molecule has 0 aromatic heterocycles. The van der Waals surface area contributed by atoms with Gasteiger partial charge in [0.25, 0.3) is 0 Å². The molecule has 17 heavy (non-hydrogen) atoms. The first-order valence-corrected chi connectivity index (χ1v) is 5.46. The number of carboxylic acids is 1. The van der Waals surface area contributed by atoms with Crippen molar-refractivity contribution in [3.63, 3.8) is 0 Å². The van der Waals surface area contributed by atoms with Crippen molar-refractivity contribution in [1.29, 1.82) is 0 Å². The zero-order valence-electron chi connectivity index (χ0n) is 12.9. The molecule has 0 atom stereocenters. The van der Waals surface area contributed by atoms with E-state index in [4.69, 9.17) is 9.84 Å². The summed E-state index contributed by atoms with van der Waals surface area (Å²) in [6.07, 6.45) is -0.0296. The Morgan fingerprint density at radius 1 is 1.29 bits per heavy atom. The van der Waals surface area contributed by atoms with Crippen molar-refractivity contribution in [2.75, 3.05) is 0 Å². The number of para-hydroxylation sites is 1. The van der Waals surface area contributed by atoms with E-state index >= 15 is 0 Å². The van der Waals surface area contributed by atoms with Crippen molar-refractivity contribution in [2.45, 2.75) is 39.7 Å². The van der Waals surface area contributed by atoms with Crippen molar-refractivity contribution >= 4 is 43.7 Å². The molecule has 0 unspecified atom stereocenters. The summed E-state index contributed by atoms with van der Waals surface area (Å²) in [6.45, 7) is 7.83. The van der Waals surface area contributed by atoms with Crippen LogP contribution in [-0.2, 0) is 0 Å². The molecule has 0 radical (unpaired) electrons. The van der Waals surface area contributed by atoms with Gasteiger partial charge >= 0.3 is 43.7 Å². The van der Waals surface area contributed by atoms with Gasteiger partial charge in [-0.05, 0) is 31.4 Å². The van der Waals surface area contributed by atoms with E-state index in [1.54, 1.807) is 12.1 Å². The van der Waals surface area contributed by atoms with Crippen LogP contribution in [-0.4, -0.2) is 54.9 Å². The molecule has 0 amide bonds. The molecular weight excluding hydrogens is 244 g/mol. The van der Waals surface area contributed by atoms with Crippen LogP contribution < -0.4 is 4.74 Å². The molecular formula is C13H20CaO3. The van der Waals surface area contributed by atoms with E-state index < -0.39 is 5.97 Å². The molecule has 0 spiro atoms. The molecule has 1 N–H and O–H groups in total. The largest absolute Gasteiger partial charge is 2.00 e. The van der Waals surface area contributed by atoms with Crippen LogP contribution in [0.1, 0.15) is 52.4 Å². The molecule has 0 saturated heterocycles. The van der Waals surface area contributed by atoms with Gasteiger partial charge in [0, 0.05) is 0 Å². The molecule has 3 nitrogen and oxygen atoms in total. The Hall–Kier alpha value is -0.250. The third-order valence-corrected chi connectivity index (χ3v) is 2.25. The van der Waals surface area contributed by atoms with E-state index in [-0.39, 0.29) is 58.2 Å². The summed E-state index contributed by atoms with van der Waals surface area (Å²) < 4.78 is 5.62. The Bertz CT molecular complexity index is 395. The van der Waals surface area contributed by atoms with Crippen molar-refractivity contribution in [3.8, 4) is 5.75 Å². The quantitative estimate of drug-likeness (QED) is 0.850. The molecule has 92 valence electrons. The Labute approximate surface area is 135 Å². The van der Waals surface area contributed by atoms with E-state index in [0.29, 0.717) is 5.75 Å². The van der Waals surface area contributed by atoms with Crippen LogP contribution in [0, 0.1) is 0 Å². The number of benzene rings is 1. The van der Waals surface area contributed by atoms with Gasteiger partial charge in [0.15, 0.2) is 0 Å². The number of carbonyl (C=O) groups is 1. The summed E-state index contributed by atoms with van der Waals surface area (Å²) in [5, 5.41) is 9.10. The fourth-order valence-corrected chi connectivity index (χ4v) is 1.55. The van der Waals surface area contributed by atoms with Crippen LogP contribution in [0.25, 0.3) is 0 Å². The van der Waals surface area contributed by atoms with E-state index in [0.717, 1.165) is 5.56 Å². The second kappa shape index (κ2) is 7.24. The van der Waals surface area contributed by atoms with Crippen LogP contribution in [0.5, 0.6) is 5.75 Å². The van der Waals surface area contributed by atoms with Gasteiger partial charge in [0.2, 0.25) is 0 Å². The predicted molar refractivity (Wildman–Crippen MR) is 71.2 cm³/mol. The summed E-state index contributed by atoms with van der Waals surface area (Å²) in [6, 6.07) is 5.24. The van der Waals surface area contributed by atoms with Gasteiger partial charge in [-0.3, -0.25) is 0 Å². The average Bonchev–Trinajstić information content (AvgIpc) is 2.16. The summed E-state index contributed by atoms with van der Waals surface area (Å²) in [7, 11) is 0. The van der Waals surface area contributed by atoms with Crippen LogP contribution in [0.4, 0.5) is 0 Å². The zero-order valence-corrected chi connectivity index (χ0v) is 13.1. The number of hydrogen-bond acceptors (Lipinski definition) is 2. The van der Waals surface area contributed by atoms with Gasteiger partial charge in [-0.25, -0.2) is 4.79 Å². The predicted octanol–water partition coefficient (Wildman–Crippen LogP) is 3.14. The minimum absolute atomic E-state index is 0. The molecule has 0 heterocycles. The van der Waals surface area contributed by atoms with E-state index in [1.165, 1.54) is 0 Å².